The standard InChI is InChI=1S/C47H30/c1-47(2)40-17-8-7-16-38(40)44-35-15-6-5-14-34(35)43-37-25-22-30(26-39(37)32-12-3-4-13-33(32)45(43)46(44)47)31-23-20-29-19-18-27-10-9-11-28-21-24-36(31)42(29)41(27)28/h3-26H,1-2H3. The van der Waals surface area contributed by atoms with Gasteiger partial charge in [-0.25, -0.2) is 0 Å². The lowest BCUT2D eigenvalue weighted by molar-refractivity contribution is 0.667. The molecule has 0 heterocycles. The summed E-state index contributed by atoms with van der Waals surface area (Å²) < 4.78 is 0. The Kier molecular flexibility index (Phi) is 4.74. The van der Waals surface area contributed by atoms with Crippen LogP contribution in [-0.2, 0) is 5.41 Å². The fourth-order valence-electron chi connectivity index (χ4n) is 9.35. The largest absolute Gasteiger partial charge is 0.0619 e. The highest BCUT2D eigenvalue weighted by Crippen LogP contribution is 2.57. The van der Waals surface area contributed by atoms with Crippen molar-refractivity contribution in [2.24, 2.45) is 0 Å². The second-order valence-electron chi connectivity index (χ2n) is 14.0. The Labute approximate surface area is 272 Å². The van der Waals surface area contributed by atoms with Gasteiger partial charge in [-0.05, 0) is 115 Å². The molecule has 0 saturated carbocycles. The van der Waals surface area contributed by atoms with E-state index >= 15 is 0 Å². The fraction of sp³-hybridized carbons (Fsp3) is 0.0638. The van der Waals surface area contributed by atoms with E-state index in [9.17, 15) is 0 Å². The van der Waals surface area contributed by atoms with Crippen molar-refractivity contribution >= 4 is 75.4 Å². The molecular weight excluding hydrogens is 565 g/mol. The lowest BCUT2D eigenvalue weighted by atomic mass is 9.77. The van der Waals surface area contributed by atoms with Crippen LogP contribution in [0.2, 0.25) is 0 Å². The summed E-state index contributed by atoms with van der Waals surface area (Å²) in [5, 5.41) is 18.7. The van der Waals surface area contributed by atoms with Crippen molar-refractivity contribution in [3.8, 4) is 22.3 Å². The van der Waals surface area contributed by atoms with Crippen molar-refractivity contribution in [1.29, 1.82) is 0 Å². The average molecular weight is 595 g/mol. The van der Waals surface area contributed by atoms with Gasteiger partial charge >= 0.3 is 0 Å². The molecule has 10 aromatic carbocycles. The minimum absolute atomic E-state index is 0.119. The minimum atomic E-state index is -0.119. The number of benzene rings is 10. The van der Waals surface area contributed by atoms with Crippen LogP contribution >= 0.6 is 0 Å². The summed E-state index contributed by atoms with van der Waals surface area (Å²) in [6, 6.07) is 54.9. The van der Waals surface area contributed by atoms with Crippen molar-refractivity contribution in [2.75, 3.05) is 0 Å². The molecule has 0 radical (unpaired) electrons. The number of rotatable bonds is 1. The number of hydrogen-bond donors (Lipinski definition) is 0. The first kappa shape index (κ1) is 25.5. The molecule has 0 saturated heterocycles. The molecule has 218 valence electrons. The van der Waals surface area contributed by atoms with E-state index in [4.69, 9.17) is 0 Å². The maximum atomic E-state index is 2.46. The van der Waals surface area contributed by atoms with Crippen LogP contribution < -0.4 is 0 Å². The van der Waals surface area contributed by atoms with Crippen molar-refractivity contribution in [3.05, 3.63) is 157 Å². The molecule has 10 aromatic rings. The molecule has 0 N–H and O–H groups in total. The van der Waals surface area contributed by atoms with Gasteiger partial charge in [0.25, 0.3) is 0 Å². The summed E-state index contributed by atoms with van der Waals surface area (Å²) >= 11 is 0. The second-order valence-corrected chi connectivity index (χ2v) is 14.0. The van der Waals surface area contributed by atoms with Crippen molar-refractivity contribution in [3.63, 3.8) is 0 Å². The van der Waals surface area contributed by atoms with Gasteiger partial charge in [0.2, 0.25) is 0 Å². The summed E-state index contributed by atoms with van der Waals surface area (Å²) in [5.41, 5.74) is 8.09. The Morgan fingerprint density at radius 1 is 0.362 bits per heavy atom. The summed E-state index contributed by atoms with van der Waals surface area (Å²) in [5.74, 6) is 0. The molecule has 1 aliphatic carbocycles. The molecule has 11 rings (SSSR count). The van der Waals surface area contributed by atoms with Gasteiger partial charge in [-0.15, -0.1) is 0 Å². The predicted molar refractivity (Wildman–Crippen MR) is 203 cm³/mol. The second kappa shape index (κ2) is 8.75. The van der Waals surface area contributed by atoms with Crippen molar-refractivity contribution < 1.29 is 0 Å². The van der Waals surface area contributed by atoms with E-state index in [0.29, 0.717) is 0 Å². The maximum Gasteiger partial charge on any atom is 0.0165 e. The molecule has 0 unspecified atom stereocenters. The van der Waals surface area contributed by atoms with Gasteiger partial charge in [0.05, 0.1) is 0 Å². The van der Waals surface area contributed by atoms with E-state index in [-0.39, 0.29) is 5.41 Å². The van der Waals surface area contributed by atoms with Crippen LogP contribution in [0.5, 0.6) is 0 Å². The highest BCUT2D eigenvalue weighted by molar-refractivity contribution is 6.35. The SMILES string of the molecule is CC1(C)c2ccccc2-c2c1c1c3ccccc3c3cc(-c4ccc5ccc6cccc7ccc4c5c67)ccc3c1c1ccccc21. The molecule has 0 nitrogen and oxygen atoms in total. The van der Waals surface area contributed by atoms with E-state index in [1.54, 1.807) is 0 Å². The van der Waals surface area contributed by atoms with Gasteiger partial charge in [-0.1, -0.05) is 153 Å². The lowest BCUT2D eigenvalue weighted by Crippen LogP contribution is -2.15. The van der Waals surface area contributed by atoms with Gasteiger partial charge in [0.1, 0.15) is 0 Å². The molecule has 0 heteroatoms. The predicted octanol–water partition coefficient (Wildman–Crippen LogP) is 13.2. The third-order valence-electron chi connectivity index (χ3n) is 11.3. The van der Waals surface area contributed by atoms with Gasteiger partial charge in [0.15, 0.2) is 0 Å². The van der Waals surface area contributed by atoms with Crippen LogP contribution in [0.3, 0.4) is 0 Å². The summed E-state index contributed by atoms with van der Waals surface area (Å²) in [6.07, 6.45) is 0. The van der Waals surface area contributed by atoms with Crippen LogP contribution in [-0.4, -0.2) is 0 Å². The molecule has 0 bridgehead atoms. The van der Waals surface area contributed by atoms with E-state index < -0.39 is 0 Å². The summed E-state index contributed by atoms with van der Waals surface area (Å²) in [7, 11) is 0. The number of hydrogen-bond acceptors (Lipinski definition) is 0. The first-order chi connectivity index (χ1) is 23.1. The Hall–Kier alpha value is -5.72. The Morgan fingerprint density at radius 3 is 1.77 bits per heavy atom. The van der Waals surface area contributed by atoms with Crippen LogP contribution in [0, 0.1) is 0 Å². The average Bonchev–Trinajstić information content (AvgIpc) is 3.37. The van der Waals surface area contributed by atoms with E-state index in [1.165, 1.54) is 109 Å². The topological polar surface area (TPSA) is 0 Å². The molecule has 0 atom stereocenters. The molecule has 0 fully saturated rings. The first-order valence-electron chi connectivity index (χ1n) is 16.7. The monoisotopic (exact) mass is 594 g/mol. The first-order valence-corrected chi connectivity index (χ1v) is 16.7. The molecule has 0 amide bonds. The molecule has 0 spiro atoms. The van der Waals surface area contributed by atoms with E-state index in [2.05, 4.69) is 159 Å². The molecule has 0 aromatic heterocycles. The van der Waals surface area contributed by atoms with Crippen LogP contribution in [0.25, 0.3) is 97.7 Å². The maximum absolute atomic E-state index is 2.46. The zero-order valence-electron chi connectivity index (χ0n) is 26.4. The normalized spacial score (nSPS) is 13.9. The Morgan fingerprint density at radius 2 is 0.957 bits per heavy atom. The lowest BCUT2D eigenvalue weighted by Gasteiger charge is -2.26. The van der Waals surface area contributed by atoms with Gasteiger partial charge in [0, 0.05) is 5.41 Å². The third-order valence-corrected chi connectivity index (χ3v) is 11.3. The van der Waals surface area contributed by atoms with Crippen LogP contribution in [0.4, 0.5) is 0 Å². The molecule has 1 aliphatic rings. The summed E-state index contributed by atoms with van der Waals surface area (Å²) in [4.78, 5) is 0. The zero-order chi connectivity index (χ0) is 31.0. The number of fused-ring (bicyclic) bond motifs is 13. The highest BCUT2D eigenvalue weighted by Gasteiger charge is 2.39. The van der Waals surface area contributed by atoms with E-state index in [0.717, 1.165) is 0 Å². The Bertz CT molecular complexity index is 2960. The van der Waals surface area contributed by atoms with Gasteiger partial charge in [-0.3, -0.25) is 0 Å². The fourth-order valence-corrected chi connectivity index (χ4v) is 9.35. The highest BCUT2D eigenvalue weighted by atomic mass is 14.4. The van der Waals surface area contributed by atoms with Crippen LogP contribution in [0.15, 0.2) is 146 Å². The minimum Gasteiger partial charge on any atom is -0.0619 e. The summed E-state index contributed by atoms with van der Waals surface area (Å²) in [6.45, 7) is 4.84. The van der Waals surface area contributed by atoms with Gasteiger partial charge < -0.3 is 0 Å². The smallest absolute Gasteiger partial charge is 0.0165 e. The molecule has 47 heavy (non-hydrogen) atoms. The van der Waals surface area contributed by atoms with Crippen molar-refractivity contribution in [1.82, 2.24) is 0 Å². The Balaban J connectivity index is 1.30. The van der Waals surface area contributed by atoms with Crippen molar-refractivity contribution in [2.45, 2.75) is 19.3 Å². The van der Waals surface area contributed by atoms with Crippen LogP contribution in [0.1, 0.15) is 25.0 Å². The van der Waals surface area contributed by atoms with Gasteiger partial charge in [-0.2, -0.15) is 0 Å². The zero-order valence-corrected chi connectivity index (χ0v) is 26.4. The van der Waals surface area contributed by atoms with E-state index in [1.807, 2.05) is 0 Å². The molecular formula is C47H30. The third kappa shape index (κ3) is 3.13. The quantitative estimate of drug-likeness (QED) is 0.166. The molecule has 0 aliphatic heterocycles.